The number of benzene rings is 1. The highest BCUT2D eigenvalue weighted by Crippen LogP contribution is 2.12. The maximum Gasteiger partial charge on any atom is 0.251 e. The predicted molar refractivity (Wildman–Crippen MR) is 83.1 cm³/mol. The molecule has 0 radical (unpaired) electrons. The molecule has 3 nitrogen and oxygen atoms in total. The van der Waals surface area contributed by atoms with E-state index >= 15 is 0 Å². The Hall–Kier alpha value is -1.68. The molecule has 4 heteroatoms. The lowest BCUT2D eigenvalue weighted by Crippen LogP contribution is -2.26. The van der Waals surface area contributed by atoms with Crippen molar-refractivity contribution < 1.29 is 9.21 Å². The van der Waals surface area contributed by atoms with E-state index in [4.69, 9.17) is 4.42 Å². The molecule has 0 fully saturated rings. The first-order valence-corrected chi connectivity index (χ1v) is 7.78. The van der Waals surface area contributed by atoms with Crippen LogP contribution < -0.4 is 5.32 Å². The minimum Gasteiger partial charge on any atom is -0.468 e. The highest BCUT2D eigenvalue weighted by molar-refractivity contribution is 7.98. The van der Waals surface area contributed by atoms with Crippen molar-refractivity contribution in [2.75, 3.05) is 12.3 Å². The molecule has 0 aliphatic heterocycles. The van der Waals surface area contributed by atoms with Gasteiger partial charge in [-0.25, -0.2) is 0 Å². The number of hydrogen-bond donors (Lipinski definition) is 1. The fraction of sp³-hybridized carbons (Fsp3) is 0.312. The summed E-state index contributed by atoms with van der Waals surface area (Å²) in [4.78, 5) is 12.0. The van der Waals surface area contributed by atoms with E-state index in [2.05, 4.69) is 5.32 Å². The highest BCUT2D eigenvalue weighted by atomic mass is 32.2. The van der Waals surface area contributed by atoms with Gasteiger partial charge in [0.2, 0.25) is 0 Å². The predicted octanol–water partition coefficient (Wildman–Crippen LogP) is 3.56. The summed E-state index contributed by atoms with van der Waals surface area (Å²) in [6.07, 6.45) is 1.68. The van der Waals surface area contributed by atoms with Crippen LogP contribution in [0.5, 0.6) is 0 Å². The van der Waals surface area contributed by atoms with Crippen LogP contribution in [0.1, 0.15) is 27.2 Å². The Balaban J connectivity index is 1.72. The number of rotatable bonds is 6. The van der Waals surface area contributed by atoms with Crippen LogP contribution in [0.2, 0.25) is 0 Å². The summed E-state index contributed by atoms with van der Waals surface area (Å²) in [5, 5.41) is 2.95. The van der Waals surface area contributed by atoms with E-state index in [0.29, 0.717) is 6.54 Å². The van der Waals surface area contributed by atoms with Gasteiger partial charge in [0.25, 0.3) is 5.91 Å². The fourth-order valence-electron chi connectivity index (χ4n) is 1.97. The van der Waals surface area contributed by atoms with Crippen LogP contribution in [-0.4, -0.2) is 18.2 Å². The first kappa shape index (κ1) is 14.7. The van der Waals surface area contributed by atoms with E-state index in [-0.39, 0.29) is 5.91 Å². The van der Waals surface area contributed by atoms with Gasteiger partial charge in [0.15, 0.2) is 0 Å². The molecule has 1 aromatic carbocycles. The van der Waals surface area contributed by atoms with Crippen LogP contribution >= 0.6 is 11.8 Å². The lowest BCUT2D eigenvalue weighted by atomic mass is 10.1. The Kier molecular flexibility index (Phi) is 5.30. The molecule has 106 valence electrons. The number of nitrogens with one attached hydrogen (secondary N) is 1. The van der Waals surface area contributed by atoms with Crippen molar-refractivity contribution in [1.82, 2.24) is 5.32 Å². The molecular weight excluding hydrogens is 270 g/mol. The minimum atomic E-state index is 0.00102. The molecule has 0 aliphatic rings. The van der Waals surface area contributed by atoms with Crippen molar-refractivity contribution in [2.45, 2.75) is 19.6 Å². The smallest absolute Gasteiger partial charge is 0.251 e. The second-order valence-electron chi connectivity index (χ2n) is 4.71. The largest absolute Gasteiger partial charge is 0.468 e. The average molecular weight is 289 g/mol. The number of furan rings is 1. The van der Waals surface area contributed by atoms with E-state index in [9.17, 15) is 4.79 Å². The van der Waals surface area contributed by atoms with Crippen molar-refractivity contribution in [1.29, 1.82) is 0 Å². The van der Waals surface area contributed by atoms with E-state index in [1.54, 1.807) is 18.0 Å². The minimum absolute atomic E-state index is 0.00102. The molecule has 1 N–H and O–H groups in total. The van der Waals surface area contributed by atoms with Gasteiger partial charge in [0, 0.05) is 17.9 Å². The molecule has 1 amide bonds. The Morgan fingerprint density at radius 3 is 2.85 bits per heavy atom. The zero-order valence-corrected chi connectivity index (χ0v) is 12.6. The molecule has 2 rings (SSSR count). The molecule has 0 saturated heterocycles. The Morgan fingerprint density at radius 1 is 1.30 bits per heavy atom. The molecule has 0 unspecified atom stereocenters. The van der Waals surface area contributed by atoms with E-state index < -0.39 is 0 Å². The molecule has 1 aromatic heterocycles. The van der Waals surface area contributed by atoms with Crippen molar-refractivity contribution in [3.63, 3.8) is 0 Å². The number of hydrogen-bond acceptors (Lipinski definition) is 3. The molecule has 2 aromatic rings. The topological polar surface area (TPSA) is 42.2 Å². The van der Waals surface area contributed by atoms with Crippen LogP contribution in [0.15, 0.2) is 41.0 Å². The van der Waals surface area contributed by atoms with Crippen molar-refractivity contribution in [2.24, 2.45) is 0 Å². The molecule has 20 heavy (non-hydrogen) atoms. The molecule has 0 atom stereocenters. The second-order valence-corrected chi connectivity index (χ2v) is 5.81. The molecule has 0 bridgehead atoms. The maximum atomic E-state index is 12.0. The average Bonchev–Trinajstić information content (AvgIpc) is 2.91. The van der Waals surface area contributed by atoms with Gasteiger partial charge in [-0.3, -0.25) is 4.79 Å². The SMILES string of the molecule is Cc1ccc(C(=O)NCCSCc2ccco2)c(C)c1. The van der Waals surface area contributed by atoms with Crippen LogP contribution in [0, 0.1) is 13.8 Å². The van der Waals surface area contributed by atoms with Gasteiger partial charge in [-0.15, -0.1) is 0 Å². The first-order chi connectivity index (χ1) is 9.66. The van der Waals surface area contributed by atoms with Gasteiger partial charge in [-0.2, -0.15) is 11.8 Å². The zero-order valence-electron chi connectivity index (χ0n) is 11.8. The summed E-state index contributed by atoms with van der Waals surface area (Å²) in [6, 6.07) is 9.73. The number of carbonyl (C=O) groups excluding carboxylic acids is 1. The number of thioether (sulfide) groups is 1. The van der Waals surface area contributed by atoms with Crippen molar-refractivity contribution in [3.8, 4) is 0 Å². The quantitative estimate of drug-likeness (QED) is 0.827. The first-order valence-electron chi connectivity index (χ1n) is 6.62. The van der Waals surface area contributed by atoms with Crippen molar-refractivity contribution in [3.05, 3.63) is 59.0 Å². The molecule has 0 spiro atoms. The monoisotopic (exact) mass is 289 g/mol. The van der Waals surface area contributed by atoms with E-state index in [1.165, 1.54) is 5.56 Å². The van der Waals surface area contributed by atoms with Gasteiger partial charge in [-0.1, -0.05) is 17.7 Å². The van der Waals surface area contributed by atoms with Gasteiger partial charge in [0.1, 0.15) is 5.76 Å². The lowest BCUT2D eigenvalue weighted by molar-refractivity contribution is 0.0955. The molecule has 1 heterocycles. The summed E-state index contributed by atoms with van der Waals surface area (Å²) >= 11 is 1.75. The van der Waals surface area contributed by atoms with E-state index in [0.717, 1.165) is 28.4 Å². The Labute approximate surface area is 123 Å². The summed E-state index contributed by atoms with van der Waals surface area (Å²) in [5.41, 5.74) is 2.95. The summed E-state index contributed by atoms with van der Waals surface area (Å²) in [6.45, 7) is 4.66. The second kappa shape index (κ2) is 7.20. The third-order valence-corrected chi connectivity index (χ3v) is 3.96. The Morgan fingerprint density at radius 2 is 2.15 bits per heavy atom. The molecular formula is C16H19NO2S. The van der Waals surface area contributed by atoms with Crippen LogP contribution in [0.25, 0.3) is 0 Å². The Bertz CT molecular complexity index is 564. The third-order valence-electron chi connectivity index (χ3n) is 2.98. The van der Waals surface area contributed by atoms with Crippen LogP contribution in [0.4, 0.5) is 0 Å². The van der Waals surface area contributed by atoms with Crippen LogP contribution in [0.3, 0.4) is 0 Å². The van der Waals surface area contributed by atoms with Crippen LogP contribution in [-0.2, 0) is 5.75 Å². The number of amides is 1. The van der Waals surface area contributed by atoms with Gasteiger partial charge in [0.05, 0.1) is 12.0 Å². The van der Waals surface area contributed by atoms with E-state index in [1.807, 2.05) is 44.2 Å². The summed E-state index contributed by atoms with van der Waals surface area (Å²) in [7, 11) is 0. The summed E-state index contributed by atoms with van der Waals surface area (Å²) in [5.74, 6) is 2.68. The highest BCUT2D eigenvalue weighted by Gasteiger charge is 2.07. The van der Waals surface area contributed by atoms with Crippen molar-refractivity contribution >= 4 is 17.7 Å². The van der Waals surface area contributed by atoms with Gasteiger partial charge in [-0.05, 0) is 37.6 Å². The standard InChI is InChI=1S/C16H19NO2S/c1-12-5-6-15(13(2)10-12)16(18)17-7-9-20-11-14-4-3-8-19-14/h3-6,8,10H,7,9,11H2,1-2H3,(H,17,18). The van der Waals surface area contributed by atoms with Gasteiger partial charge >= 0.3 is 0 Å². The third kappa shape index (κ3) is 4.17. The zero-order chi connectivity index (χ0) is 14.4. The lowest BCUT2D eigenvalue weighted by Gasteiger charge is -2.08. The van der Waals surface area contributed by atoms with Gasteiger partial charge < -0.3 is 9.73 Å². The molecule has 0 aliphatic carbocycles. The summed E-state index contributed by atoms with van der Waals surface area (Å²) < 4.78 is 5.25. The molecule has 0 saturated carbocycles. The number of aryl methyl sites for hydroxylation is 2. The fourth-order valence-corrected chi connectivity index (χ4v) is 2.72. The maximum absolute atomic E-state index is 12.0. The normalized spacial score (nSPS) is 10.5. The number of carbonyl (C=O) groups is 1.